The summed E-state index contributed by atoms with van der Waals surface area (Å²) in [6.45, 7) is 4.84. The van der Waals surface area contributed by atoms with Gasteiger partial charge in [-0.3, -0.25) is 4.79 Å². The lowest BCUT2D eigenvalue weighted by atomic mass is 10.1. The Labute approximate surface area is 200 Å². The van der Waals surface area contributed by atoms with Crippen molar-refractivity contribution < 1.29 is 22.3 Å². The molecule has 8 heteroatoms. The lowest BCUT2D eigenvalue weighted by Gasteiger charge is -2.19. The van der Waals surface area contributed by atoms with Gasteiger partial charge in [-0.25, -0.2) is 12.8 Å². The van der Waals surface area contributed by atoms with Crippen LogP contribution in [0.1, 0.15) is 40.9 Å². The number of hydrogen-bond acceptors (Lipinski definition) is 4. The molecule has 0 bridgehead atoms. The maximum Gasteiger partial charge on any atom is 0.251 e. The van der Waals surface area contributed by atoms with E-state index in [1.165, 1.54) is 6.07 Å². The molecule has 0 aliphatic carbocycles. The van der Waals surface area contributed by atoms with E-state index in [1.807, 2.05) is 54.6 Å². The highest BCUT2D eigenvalue weighted by Crippen LogP contribution is 2.21. The molecule has 3 aromatic carbocycles. The predicted octanol–water partition coefficient (Wildman–Crippen LogP) is 4.50. The second-order valence-electron chi connectivity index (χ2n) is 7.66. The Kier molecular flexibility index (Phi) is 8.92. The van der Waals surface area contributed by atoms with E-state index in [9.17, 15) is 17.6 Å². The number of rotatable bonds is 11. The van der Waals surface area contributed by atoms with E-state index >= 15 is 0 Å². The number of hydrogen-bond donors (Lipinski definition) is 1. The first-order valence-corrected chi connectivity index (χ1v) is 12.6. The Morgan fingerprint density at radius 1 is 0.912 bits per heavy atom. The van der Waals surface area contributed by atoms with Crippen molar-refractivity contribution in [3.05, 3.63) is 101 Å². The van der Waals surface area contributed by atoms with E-state index in [-0.39, 0.29) is 25.2 Å². The summed E-state index contributed by atoms with van der Waals surface area (Å²) in [5, 5.41) is 2.79. The molecule has 0 fully saturated rings. The van der Waals surface area contributed by atoms with Crippen molar-refractivity contribution in [3.63, 3.8) is 0 Å². The van der Waals surface area contributed by atoms with Crippen LogP contribution in [0.15, 0.2) is 77.7 Å². The zero-order valence-electron chi connectivity index (χ0n) is 19.3. The summed E-state index contributed by atoms with van der Waals surface area (Å²) in [5.74, 6) is -1.37. The normalized spacial score (nSPS) is 11.5. The van der Waals surface area contributed by atoms with Gasteiger partial charge in [-0.05, 0) is 34.9 Å². The molecule has 6 nitrogen and oxygen atoms in total. The van der Waals surface area contributed by atoms with E-state index in [4.69, 9.17) is 4.74 Å². The number of halogens is 1. The molecule has 0 spiro atoms. The number of sulfonamides is 1. The fourth-order valence-electron chi connectivity index (χ4n) is 3.55. The van der Waals surface area contributed by atoms with Crippen molar-refractivity contribution in [2.75, 3.05) is 13.1 Å². The molecule has 0 unspecified atom stereocenters. The predicted molar refractivity (Wildman–Crippen MR) is 129 cm³/mol. The van der Waals surface area contributed by atoms with Crippen LogP contribution in [0.2, 0.25) is 0 Å². The summed E-state index contributed by atoms with van der Waals surface area (Å²) in [7, 11) is -4.03. The van der Waals surface area contributed by atoms with Gasteiger partial charge in [-0.15, -0.1) is 0 Å². The molecule has 0 aliphatic rings. The molecule has 3 rings (SSSR count). The smallest absolute Gasteiger partial charge is 0.251 e. The van der Waals surface area contributed by atoms with Gasteiger partial charge in [0, 0.05) is 25.2 Å². The van der Waals surface area contributed by atoms with Gasteiger partial charge in [0.15, 0.2) is 0 Å². The molecule has 0 aliphatic heterocycles. The minimum atomic E-state index is -4.03. The fourth-order valence-corrected chi connectivity index (χ4v) is 5.09. The monoisotopic (exact) mass is 484 g/mol. The van der Waals surface area contributed by atoms with E-state index in [0.29, 0.717) is 13.2 Å². The number of nitrogens with zero attached hydrogens (tertiary/aromatic N) is 1. The van der Waals surface area contributed by atoms with E-state index in [2.05, 4.69) is 5.32 Å². The zero-order valence-corrected chi connectivity index (χ0v) is 20.1. The molecule has 0 saturated carbocycles. The Morgan fingerprint density at radius 2 is 1.56 bits per heavy atom. The number of amides is 1. The van der Waals surface area contributed by atoms with Crippen LogP contribution in [-0.2, 0) is 34.5 Å². The van der Waals surface area contributed by atoms with E-state index < -0.39 is 26.6 Å². The molecule has 0 atom stereocenters. The number of nitrogens with one attached hydrogen (secondary N) is 1. The average molecular weight is 485 g/mol. The molecule has 0 saturated heterocycles. The van der Waals surface area contributed by atoms with Crippen LogP contribution in [0.4, 0.5) is 4.39 Å². The van der Waals surface area contributed by atoms with Crippen LogP contribution in [-0.4, -0.2) is 31.7 Å². The molecule has 0 radical (unpaired) electrons. The van der Waals surface area contributed by atoms with Crippen molar-refractivity contribution in [2.45, 2.75) is 38.5 Å². The van der Waals surface area contributed by atoms with Crippen LogP contribution < -0.4 is 5.32 Å². The third-order valence-electron chi connectivity index (χ3n) is 5.44. The Hall–Kier alpha value is -3.07. The van der Waals surface area contributed by atoms with Gasteiger partial charge in [0.1, 0.15) is 10.7 Å². The molecular formula is C26H29FN2O4S. The lowest BCUT2D eigenvalue weighted by molar-refractivity contribution is 0.0947. The molecule has 1 amide bonds. The van der Waals surface area contributed by atoms with Crippen molar-refractivity contribution in [1.82, 2.24) is 9.62 Å². The van der Waals surface area contributed by atoms with Gasteiger partial charge >= 0.3 is 0 Å². The third-order valence-corrected chi connectivity index (χ3v) is 7.51. The maximum atomic E-state index is 14.4. The summed E-state index contributed by atoms with van der Waals surface area (Å²) in [5.41, 5.74) is 2.95. The maximum absolute atomic E-state index is 14.4. The van der Waals surface area contributed by atoms with Gasteiger partial charge in [0.05, 0.1) is 13.2 Å². The highest BCUT2D eigenvalue weighted by Gasteiger charge is 2.26. The largest absolute Gasteiger partial charge is 0.372 e. The second-order valence-corrected chi connectivity index (χ2v) is 9.57. The van der Waals surface area contributed by atoms with Crippen molar-refractivity contribution in [3.8, 4) is 0 Å². The first-order valence-electron chi connectivity index (χ1n) is 11.1. The van der Waals surface area contributed by atoms with Gasteiger partial charge in [-0.1, -0.05) is 68.4 Å². The van der Waals surface area contributed by atoms with Gasteiger partial charge in [-0.2, -0.15) is 4.31 Å². The van der Waals surface area contributed by atoms with Crippen LogP contribution >= 0.6 is 0 Å². The minimum absolute atomic E-state index is 0.0740. The molecule has 3 aromatic rings. The average Bonchev–Trinajstić information content (AvgIpc) is 2.84. The summed E-state index contributed by atoms with van der Waals surface area (Å²) >= 11 is 0. The molecule has 1 N–H and O–H groups in total. The quantitative estimate of drug-likeness (QED) is 0.435. The Bertz CT molecular complexity index is 1210. The lowest BCUT2D eigenvalue weighted by Crippen LogP contribution is -2.31. The minimum Gasteiger partial charge on any atom is -0.372 e. The van der Waals surface area contributed by atoms with Gasteiger partial charge < -0.3 is 10.1 Å². The van der Waals surface area contributed by atoms with Crippen LogP contribution in [0, 0.1) is 5.82 Å². The van der Waals surface area contributed by atoms with Crippen molar-refractivity contribution >= 4 is 15.9 Å². The van der Waals surface area contributed by atoms with E-state index in [0.717, 1.165) is 33.1 Å². The van der Waals surface area contributed by atoms with Gasteiger partial charge in [0.2, 0.25) is 10.0 Å². The van der Waals surface area contributed by atoms with Crippen molar-refractivity contribution in [1.29, 1.82) is 0 Å². The standard InChI is InChI=1S/C26H29FN2O4S/c1-3-29(4-2)34(31,32)25-16-21(14-15-24(25)27)26(30)28-17-22-12-8-9-13-23(22)19-33-18-20-10-6-5-7-11-20/h5-16H,3-4,17-19H2,1-2H3,(H,28,30). The number of ether oxygens (including phenoxy) is 1. The summed E-state index contributed by atoms with van der Waals surface area (Å²) < 4.78 is 46.8. The Balaban J connectivity index is 1.68. The van der Waals surface area contributed by atoms with Crippen LogP contribution in [0.3, 0.4) is 0 Å². The van der Waals surface area contributed by atoms with Crippen LogP contribution in [0.25, 0.3) is 0 Å². The highest BCUT2D eigenvalue weighted by atomic mass is 32.2. The fraction of sp³-hybridized carbons (Fsp3) is 0.269. The first-order chi connectivity index (χ1) is 16.4. The SMILES string of the molecule is CCN(CC)S(=O)(=O)c1cc(C(=O)NCc2ccccc2COCc2ccccc2)ccc1F. The topological polar surface area (TPSA) is 75.7 Å². The van der Waals surface area contributed by atoms with E-state index in [1.54, 1.807) is 13.8 Å². The van der Waals surface area contributed by atoms with Crippen LogP contribution in [0.5, 0.6) is 0 Å². The number of carbonyl (C=O) groups excluding carboxylic acids is 1. The number of carbonyl (C=O) groups is 1. The molecular weight excluding hydrogens is 455 g/mol. The van der Waals surface area contributed by atoms with Crippen molar-refractivity contribution in [2.24, 2.45) is 0 Å². The second kappa shape index (κ2) is 11.9. The molecule has 0 aromatic heterocycles. The molecule has 180 valence electrons. The Morgan fingerprint density at radius 3 is 2.24 bits per heavy atom. The third kappa shape index (κ3) is 6.28. The summed E-state index contributed by atoms with van der Waals surface area (Å²) in [6, 6.07) is 20.8. The summed E-state index contributed by atoms with van der Waals surface area (Å²) in [4.78, 5) is 12.3. The highest BCUT2D eigenvalue weighted by molar-refractivity contribution is 7.89. The number of benzene rings is 3. The zero-order chi connectivity index (χ0) is 24.6. The molecule has 34 heavy (non-hydrogen) atoms. The summed E-state index contributed by atoms with van der Waals surface area (Å²) in [6.07, 6.45) is 0. The first kappa shape index (κ1) is 25.6. The van der Waals surface area contributed by atoms with Gasteiger partial charge in [0.25, 0.3) is 5.91 Å². The molecule has 0 heterocycles.